The Bertz CT molecular complexity index is 721. The van der Waals surface area contributed by atoms with Crippen LogP contribution in [0.15, 0.2) is 10.9 Å². The van der Waals surface area contributed by atoms with E-state index < -0.39 is 6.09 Å². The van der Waals surface area contributed by atoms with Gasteiger partial charge >= 0.3 is 6.09 Å². The minimum atomic E-state index is -0.437. The molecule has 7 heteroatoms. The predicted octanol–water partition coefficient (Wildman–Crippen LogP) is 2.60. The summed E-state index contributed by atoms with van der Waals surface area (Å²) in [5.41, 5.74) is 1.76. The smallest absolute Gasteiger partial charge is 0.407 e. The number of nitrogens with one attached hydrogen (secondary N) is 1. The molecule has 0 radical (unpaired) electrons. The van der Waals surface area contributed by atoms with E-state index in [0.29, 0.717) is 18.5 Å². The van der Waals surface area contributed by atoms with Crippen LogP contribution < -0.4 is 10.9 Å². The first-order valence-electron chi connectivity index (χ1n) is 7.41. The number of ether oxygens (including phenoxy) is 1. The molecule has 0 atom stereocenters. The van der Waals surface area contributed by atoms with Gasteiger partial charge in [0.1, 0.15) is 11.4 Å². The van der Waals surface area contributed by atoms with Crippen LogP contribution in [-0.2, 0) is 11.3 Å². The van der Waals surface area contributed by atoms with Crippen molar-refractivity contribution in [3.8, 4) is 0 Å². The Morgan fingerprint density at radius 3 is 2.95 bits per heavy atom. The van der Waals surface area contributed by atoms with Gasteiger partial charge in [0, 0.05) is 12.2 Å². The fraction of sp³-hybridized carbons (Fsp3) is 0.533. The van der Waals surface area contributed by atoms with Gasteiger partial charge < -0.3 is 10.1 Å². The number of carbonyl (C=O) groups is 1. The van der Waals surface area contributed by atoms with Crippen LogP contribution in [0.5, 0.6) is 0 Å². The number of hydrogen-bond acceptors (Lipinski definition) is 5. The first-order valence-corrected chi connectivity index (χ1v) is 8.19. The summed E-state index contributed by atoms with van der Waals surface area (Å²) in [4.78, 5) is 28.9. The zero-order chi connectivity index (χ0) is 16.1. The number of nitrogens with zero attached hydrogens (tertiary/aromatic N) is 2. The summed E-state index contributed by atoms with van der Waals surface area (Å²) in [7, 11) is 0. The molecule has 0 aliphatic heterocycles. The molecule has 0 aliphatic rings. The highest BCUT2D eigenvalue weighted by molar-refractivity contribution is 7.13. The maximum atomic E-state index is 12.3. The fourth-order valence-electron chi connectivity index (χ4n) is 2.19. The molecular weight excluding hydrogens is 302 g/mol. The topological polar surface area (TPSA) is 73.2 Å². The molecule has 0 aliphatic carbocycles. The summed E-state index contributed by atoms with van der Waals surface area (Å²) in [6.07, 6.45) is 1.51. The number of alkyl carbamates (subject to hydrolysis) is 1. The van der Waals surface area contributed by atoms with Crippen LogP contribution in [0.4, 0.5) is 4.79 Å². The van der Waals surface area contributed by atoms with Crippen molar-refractivity contribution in [2.24, 2.45) is 0 Å². The van der Waals surface area contributed by atoms with Crippen molar-refractivity contribution in [1.82, 2.24) is 14.3 Å². The number of amides is 1. The third kappa shape index (κ3) is 3.85. The van der Waals surface area contributed by atoms with Crippen LogP contribution in [-0.4, -0.2) is 28.2 Å². The van der Waals surface area contributed by atoms with E-state index in [1.165, 1.54) is 11.5 Å². The summed E-state index contributed by atoms with van der Waals surface area (Å²) < 4.78 is 6.66. The van der Waals surface area contributed by atoms with Crippen molar-refractivity contribution < 1.29 is 9.53 Å². The molecule has 1 amide bonds. The number of carbonyl (C=O) groups excluding carboxylic acids is 1. The number of pyridine rings is 1. The molecular formula is C15H21N3O3S. The van der Waals surface area contributed by atoms with E-state index in [-0.39, 0.29) is 12.2 Å². The zero-order valence-electron chi connectivity index (χ0n) is 13.1. The van der Waals surface area contributed by atoms with Gasteiger partial charge in [0.25, 0.3) is 5.56 Å². The second kappa shape index (κ2) is 7.40. The lowest BCUT2D eigenvalue weighted by molar-refractivity contribution is 0.142. The van der Waals surface area contributed by atoms with E-state index in [2.05, 4.69) is 17.2 Å². The lowest BCUT2D eigenvalue weighted by Crippen LogP contribution is -2.27. The second-order valence-corrected chi connectivity index (χ2v) is 6.19. The number of rotatable bonds is 6. The van der Waals surface area contributed by atoms with Gasteiger partial charge in [0.15, 0.2) is 0 Å². The van der Waals surface area contributed by atoms with Crippen molar-refractivity contribution in [2.75, 3.05) is 13.2 Å². The molecule has 6 nitrogen and oxygen atoms in total. The predicted molar refractivity (Wildman–Crippen MR) is 87.6 cm³/mol. The molecule has 0 bridgehead atoms. The number of fused-ring (bicyclic) bond motifs is 1. The Labute approximate surface area is 133 Å². The van der Waals surface area contributed by atoms with Crippen molar-refractivity contribution in [3.05, 3.63) is 27.7 Å². The van der Waals surface area contributed by atoms with Crippen LogP contribution in [0.3, 0.4) is 0 Å². The molecule has 2 aromatic rings. The summed E-state index contributed by atoms with van der Waals surface area (Å²) in [6.45, 7) is 7.00. The van der Waals surface area contributed by atoms with Crippen LogP contribution >= 0.6 is 11.5 Å². The molecule has 1 N–H and O–H groups in total. The number of unbranched alkanes of at least 4 members (excludes halogenated alkanes) is 1. The average molecular weight is 323 g/mol. The van der Waals surface area contributed by atoms with Gasteiger partial charge in [0.2, 0.25) is 0 Å². The summed E-state index contributed by atoms with van der Waals surface area (Å²) in [5, 5.41) is 3.33. The van der Waals surface area contributed by atoms with E-state index in [0.717, 1.165) is 28.9 Å². The lowest BCUT2D eigenvalue weighted by atomic mass is 10.2. The van der Waals surface area contributed by atoms with Gasteiger partial charge in [-0.05, 0) is 43.4 Å². The molecule has 0 fully saturated rings. The van der Waals surface area contributed by atoms with Gasteiger partial charge in [-0.15, -0.1) is 0 Å². The quantitative estimate of drug-likeness (QED) is 0.829. The molecule has 2 aromatic heterocycles. The van der Waals surface area contributed by atoms with Gasteiger partial charge in [0.05, 0.1) is 11.9 Å². The first-order chi connectivity index (χ1) is 10.5. The minimum Gasteiger partial charge on any atom is -0.448 e. The molecule has 2 heterocycles. The number of hydrogen-bond donors (Lipinski definition) is 1. The normalized spacial score (nSPS) is 10.9. The van der Waals surface area contributed by atoms with Gasteiger partial charge in [-0.1, -0.05) is 13.3 Å². The van der Waals surface area contributed by atoms with Crippen molar-refractivity contribution >= 4 is 27.8 Å². The van der Waals surface area contributed by atoms with Crippen molar-refractivity contribution in [1.29, 1.82) is 0 Å². The van der Waals surface area contributed by atoms with Crippen LogP contribution in [0.25, 0.3) is 10.2 Å². The fourth-order valence-corrected chi connectivity index (χ4v) is 3.26. The monoisotopic (exact) mass is 323 g/mol. The summed E-state index contributed by atoms with van der Waals surface area (Å²) >= 11 is 1.31. The molecule has 0 aromatic carbocycles. The first kappa shape index (κ1) is 16.5. The third-order valence-corrected chi connectivity index (χ3v) is 4.31. The molecule has 2 rings (SSSR count). The van der Waals surface area contributed by atoms with Crippen molar-refractivity contribution in [3.63, 3.8) is 0 Å². The largest absolute Gasteiger partial charge is 0.448 e. The molecule has 22 heavy (non-hydrogen) atoms. The van der Waals surface area contributed by atoms with Gasteiger partial charge in [-0.2, -0.15) is 0 Å². The van der Waals surface area contributed by atoms with E-state index >= 15 is 0 Å². The second-order valence-electron chi connectivity index (χ2n) is 5.18. The maximum absolute atomic E-state index is 12.3. The zero-order valence-corrected chi connectivity index (χ0v) is 14.0. The van der Waals surface area contributed by atoms with Crippen molar-refractivity contribution in [2.45, 2.75) is 40.2 Å². The highest BCUT2D eigenvalue weighted by Gasteiger charge is 2.12. The van der Waals surface area contributed by atoms with E-state index in [1.807, 2.05) is 19.9 Å². The van der Waals surface area contributed by atoms with Gasteiger partial charge in [-0.3, -0.25) is 8.75 Å². The average Bonchev–Trinajstić information content (AvgIpc) is 2.75. The third-order valence-electron chi connectivity index (χ3n) is 3.28. The maximum Gasteiger partial charge on any atom is 0.407 e. The SMILES string of the molecule is CCCCNC(=O)OCCn1sc2nc(C)cc(C)c2c1=O. The summed E-state index contributed by atoms with van der Waals surface area (Å²) in [5.74, 6) is 0. The van der Waals surface area contributed by atoms with Crippen LogP contribution in [0.2, 0.25) is 0 Å². The molecule has 0 unspecified atom stereocenters. The Balaban J connectivity index is 1.98. The van der Waals surface area contributed by atoms with E-state index in [1.54, 1.807) is 3.96 Å². The Kier molecular flexibility index (Phi) is 5.54. The highest BCUT2D eigenvalue weighted by Crippen LogP contribution is 2.18. The summed E-state index contributed by atoms with van der Waals surface area (Å²) in [6, 6.07) is 1.90. The Morgan fingerprint density at radius 1 is 1.45 bits per heavy atom. The highest BCUT2D eigenvalue weighted by atomic mass is 32.1. The van der Waals surface area contributed by atoms with Gasteiger partial charge in [-0.25, -0.2) is 9.78 Å². The van der Waals surface area contributed by atoms with E-state index in [9.17, 15) is 9.59 Å². The Hall–Kier alpha value is -1.89. The molecule has 0 spiro atoms. The van der Waals surface area contributed by atoms with Crippen LogP contribution in [0.1, 0.15) is 31.0 Å². The molecule has 0 saturated carbocycles. The standard InChI is InChI=1S/C15H21N3O3S/c1-4-5-6-16-15(20)21-8-7-18-14(19)12-10(2)9-11(3)17-13(12)22-18/h9H,4-8H2,1-3H3,(H,16,20). The number of aromatic nitrogens is 2. The molecule has 120 valence electrons. The minimum absolute atomic E-state index is 0.0695. The van der Waals surface area contributed by atoms with E-state index in [4.69, 9.17) is 4.74 Å². The molecule has 0 saturated heterocycles. The Morgan fingerprint density at radius 2 is 2.23 bits per heavy atom. The van der Waals surface area contributed by atoms with Crippen LogP contribution in [0, 0.1) is 13.8 Å². The number of aryl methyl sites for hydroxylation is 2. The lowest BCUT2D eigenvalue weighted by Gasteiger charge is -2.06.